The first kappa shape index (κ1) is 19.9. The second-order valence-corrected chi connectivity index (χ2v) is 8.06. The fourth-order valence-electron chi connectivity index (χ4n) is 2.87. The Labute approximate surface area is 177 Å². The summed E-state index contributed by atoms with van der Waals surface area (Å²) in [5.41, 5.74) is 4.53. The number of nitrogens with zero attached hydrogens (tertiary/aromatic N) is 4. The highest BCUT2D eigenvalue weighted by atomic mass is 127. The molecule has 6 nitrogen and oxygen atoms in total. The van der Waals surface area contributed by atoms with Crippen LogP contribution in [0.4, 0.5) is 5.69 Å². The number of amides is 1. The van der Waals surface area contributed by atoms with Gasteiger partial charge in [0.25, 0.3) is 0 Å². The maximum absolute atomic E-state index is 12.4. The van der Waals surface area contributed by atoms with E-state index >= 15 is 0 Å². The zero-order chi connectivity index (χ0) is 19.6. The van der Waals surface area contributed by atoms with Gasteiger partial charge in [0, 0.05) is 24.2 Å². The highest BCUT2D eigenvalue weighted by molar-refractivity contribution is 14.1. The average molecular weight is 498 g/mol. The van der Waals surface area contributed by atoms with Gasteiger partial charge in [0.2, 0.25) is 5.91 Å². The van der Waals surface area contributed by atoms with E-state index in [0.29, 0.717) is 24.5 Å². The predicted octanol–water partition coefficient (Wildman–Crippen LogP) is 4.34. The summed E-state index contributed by atoms with van der Waals surface area (Å²) < 4.78 is 4.79. The van der Waals surface area contributed by atoms with Gasteiger partial charge in [-0.15, -0.1) is 0 Å². The lowest BCUT2D eigenvalue weighted by Gasteiger charge is -2.08. The lowest BCUT2D eigenvalue weighted by molar-refractivity contribution is -0.116. The fraction of sp³-hybridized carbons (Fsp3) is 0.316. The van der Waals surface area contributed by atoms with Crippen LogP contribution in [0.25, 0.3) is 0 Å². The largest absolute Gasteiger partial charge is 0.323 e. The van der Waals surface area contributed by atoms with Crippen LogP contribution < -0.4 is 5.32 Å². The van der Waals surface area contributed by atoms with Crippen molar-refractivity contribution in [2.45, 2.75) is 40.3 Å². The Balaban J connectivity index is 1.66. The molecule has 3 rings (SSSR count). The van der Waals surface area contributed by atoms with Gasteiger partial charge in [-0.05, 0) is 61.1 Å². The quantitative estimate of drug-likeness (QED) is 0.515. The van der Waals surface area contributed by atoms with Crippen molar-refractivity contribution >= 4 is 45.8 Å². The average Bonchev–Trinajstić information content (AvgIpc) is 3.06. The number of hydrogen-bond donors (Lipinski definition) is 1. The molecule has 2 aromatic heterocycles. The molecule has 8 heteroatoms. The number of aromatic nitrogens is 4. The smallest absolute Gasteiger partial charge is 0.226 e. The molecule has 1 aromatic carbocycles. The topological polar surface area (TPSA) is 64.7 Å². The molecule has 1 amide bonds. The van der Waals surface area contributed by atoms with Gasteiger partial charge in [0.05, 0.1) is 32.9 Å². The molecule has 0 bridgehead atoms. The van der Waals surface area contributed by atoms with Crippen molar-refractivity contribution in [3.63, 3.8) is 0 Å². The maximum Gasteiger partial charge on any atom is 0.226 e. The van der Waals surface area contributed by atoms with Crippen LogP contribution >= 0.6 is 34.2 Å². The normalized spacial score (nSPS) is 11.0. The van der Waals surface area contributed by atoms with Crippen molar-refractivity contribution in [3.05, 3.63) is 61.7 Å². The van der Waals surface area contributed by atoms with Crippen LogP contribution in [0.5, 0.6) is 0 Å². The monoisotopic (exact) mass is 497 g/mol. The molecular weight excluding hydrogens is 477 g/mol. The molecule has 2 heterocycles. The van der Waals surface area contributed by atoms with Gasteiger partial charge in [-0.3, -0.25) is 14.2 Å². The summed E-state index contributed by atoms with van der Waals surface area (Å²) in [6.07, 6.45) is 2.30. The summed E-state index contributed by atoms with van der Waals surface area (Å²) in [5, 5.41) is 12.6. The number of anilines is 1. The predicted molar refractivity (Wildman–Crippen MR) is 115 cm³/mol. The van der Waals surface area contributed by atoms with Crippen molar-refractivity contribution in [3.8, 4) is 0 Å². The van der Waals surface area contributed by atoms with Gasteiger partial charge in [0.15, 0.2) is 0 Å². The summed E-state index contributed by atoms with van der Waals surface area (Å²) in [6, 6.07) is 7.70. The molecule has 0 atom stereocenters. The standard InChI is InChI=1S/C19H21ClIN5O/c1-12-17(21)11-25(23-12)8-7-18(27)22-19-13(2)24-26(14(19)3)10-15-5-4-6-16(20)9-15/h4-6,9,11H,7-8,10H2,1-3H3,(H,22,27). The molecule has 0 fully saturated rings. The maximum atomic E-state index is 12.4. The van der Waals surface area contributed by atoms with Crippen molar-refractivity contribution in [1.82, 2.24) is 19.6 Å². The zero-order valence-electron chi connectivity index (χ0n) is 15.5. The number of carbonyl (C=O) groups is 1. The molecule has 142 valence electrons. The van der Waals surface area contributed by atoms with E-state index in [-0.39, 0.29) is 5.91 Å². The Morgan fingerprint density at radius 3 is 2.67 bits per heavy atom. The highest BCUT2D eigenvalue weighted by Gasteiger charge is 2.15. The highest BCUT2D eigenvalue weighted by Crippen LogP contribution is 2.21. The Hall–Kier alpha value is -1.87. The van der Waals surface area contributed by atoms with Crippen LogP contribution in [0.15, 0.2) is 30.5 Å². The first-order valence-electron chi connectivity index (χ1n) is 8.61. The first-order valence-corrected chi connectivity index (χ1v) is 10.1. The fourth-order valence-corrected chi connectivity index (χ4v) is 3.51. The lowest BCUT2D eigenvalue weighted by Crippen LogP contribution is -2.16. The van der Waals surface area contributed by atoms with Crippen LogP contribution in [0.3, 0.4) is 0 Å². The van der Waals surface area contributed by atoms with E-state index < -0.39 is 0 Å². The third-order valence-electron chi connectivity index (χ3n) is 4.32. The second kappa shape index (κ2) is 8.43. The minimum absolute atomic E-state index is 0.0494. The van der Waals surface area contributed by atoms with Crippen LogP contribution in [0, 0.1) is 24.3 Å². The SMILES string of the molecule is Cc1nn(CCC(=O)Nc2c(C)nn(Cc3cccc(Cl)c3)c2C)cc1I. The number of carbonyl (C=O) groups excluding carboxylic acids is 1. The van der Waals surface area contributed by atoms with Crippen LogP contribution in [0.1, 0.15) is 29.1 Å². The minimum Gasteiger partial charge on any atom is -0.323 e. The molecule has 0 spiro atoms. The van der Waals surface area contributed by atoms with Crippen LogP contribution in [0.2, 0.25) is 5.02 Å². The van der Waals surface area contributed by atoms with Gasteiger partial charge in [-0.25, -0.2) is 0 Å². The molecule has 3 aromatic rings. The van der Waals surface area contributed by atoms with Crippen molar-refractivity contribution in [2.24, 2.45) is 0 Å². The third kappa shape index (κ3) is 4.90. The molecule has 0 aliphatic carbocycles. The number of halogens is 2. The Bertz CT molecular complexity index is 959. The van der Waals surface area contributed by atoms with Crippen LogP contribution in [-0.2, 0) is 17.9 Å². The Morgan fingerprint density at radius 1 is 1.22 bits per heavy atom. The number of rotatable bonds is 6. The minimum atomic E-state index is -0.0494. The first-order chi connectivity index (χ1) is 12.8. The summed E-state index contributed by atoms with van der Waals surface area (Å²) >= 11 is 8.30. The number of benzene rings is 1. The summed E-state index contributed by atoms with van der Waals surface area (Å²) in [4.78, 5) is 12.4. The van der Waals surface area contributed by atoms with Gasteiger partial charge < -0.3 is 5.32 Å². The van der Waals surface area contributed by atoms with Crippen molar-refractivity contribution in [1.29, 1.82) is 0 Å². The molecule has 1 N–H and O–H groups in total. The van der Waals surface area contributed by atoms with Crippen molar-refractivity contribution in [2.75, 3.05) is 5.32 Å². The van der Waals surface area contributed by atoms with E-state index in [2.05, 4.69) is 38.1 Å². The summed E-state index contributed by atoms with van der Waals surface area (Å²) in [6.45, 7) is 6.97. The van der Waals surface area contributed by atoms with Gasteiger partial charge in [0.1, 0.15) is 0 Å². The molecule has 0 radical (unpaired) electrons. The lowest BCUT2D eigenvalue weighted by atomic mass is 10.2. The molecule has 0 saturated carbocycles. The van der Waals surface area contributed by atoms with E-state index in [1.807, 2.05) is 55.9 Å². The van der Waals surface area contributed by atoms with Gasteiger partial charge in [-0.2, -0.15) is 10.2 Å². The molecular formula is C19H21ClIN5O. The third-order valence-corrected chi connectivity index (χ3v) is 5.62. The summed E-state index contributed by atoms with van der Waals surface area (Å²) in [5.74, 6) is -0.0494. The zero-order valence-corrected chi connectivity index (χ0v) is 18.4. The molecule has 0 aliphatic heterocycles. The molecule has 0 unspecified atom stereocenters. The Morgan fingerprint density at radius 2 is 2.00 bits per heavy atom. The molecule has 0 saturated heterocycles. The van der Waals surface area contributed by atoms with Gasteiger partial charge >= 0.3 is 0 Å². The number of hydrogen-bond acceptors (Lipinski definition) is 3. The number of nitrogens with one attached hydrogen (secondary N) is 1. The van der Waals surface area contributed by atoms with Crippen LogP contribution in [-0.4, -0.2) is 25.5 Å². The van der Waals surface area contributed by atoms with E-state index in [1.54, 1.807) is 4.68 Å². The molecule has 0 aliphatic rings. The van der Waals surface area contributed by atoms with Gasteiger partial charge in [-0.1, -0.05) is 23.7 Å². The van der Waals surface area contributed by atoms with E-state index in [1.165, 1.54) is 0 Å². The van der Waals surface area contributed by atoms with E-state index in [0.717, 1.165) is 31.9 Å². The second-order valence-electron chi connectivity index (χ2n) is 6.46. The Kier molecular flexibility index (Phi) is 6.21. The van der Waals surface area contributed by atoms with E-state index in [9.17, 15) is 4.79 Å². The van der Waals surface area contributed by atoms with Crippen molar-refractivity contribution < 1.29 is 4.79 Å². The molecule has 27 heavy (non-hydrogen) atoms. The number of aryl methyl sites for hydroxylation is 3. The van der Waals surface area contributed by atoms with E-state index in [4.69, 9.17) is 11.6 Å². The summed E-state index contributed by atoms with van der Waals surface area (Å²) in [7, 11) is 0.